The van der Waals surface area contributed by atoms with Gasteiger partial charge in [-0.15, -0.1) is 0 Å². The van der Waals surface area contributed by atoms with E-state index in [0.717, 1.165) is 25.1 Å². The molecule has 0 heterocycles. The lowest BCUT2D eigenvalue weighted by molar-refractivity contribution is 0.0299. The number of benzene rings is 1. The molecular weight excluding hydrogens is 278 g/mol. The Hall–Kier alpha value is -1.75. The molecule has 1 aromatic carbocycles. The normalized spacial score (nSPS) is 17.2. The van der Waals surface area contributed by atoms with Gasteiger partial charge in [-0.1, -0.05) is 6.07 Å². The van der Waals surface area contributed by atoms with Gasteiger partial charge in [0.05, 0.1) is 0 Å². The fraction of sp³-hybridized carbons (Fsp3) is 0.588. The van der Waals surface area contributed by atoms with Gasteiger partial charge in [-0.2, -0.15) is 0 Å². The molecule has 1 aromatic rings. The maximum Gasteiger partial charge on any atom is 0.410 e. The largest absolute Gasteiger partial charge is 0.444 e. The highest BCUT2D eigenvalue weighted by atomic mass is 16.6. The van der Waals surface area contributed by atoms with Crippen LogP contribution in [0.4, 0.5) is 10.5 Å². The van der Waals surface area contributed by atoms with Crippen molar-refractivity contribution in [2.45, 2.75) is 45.3 Å². The smallest absolute Gasteiger partial charge is 0.410 e. The molecule has 0 aliphatic heterocycles. The van der Waals surface area contributed by atoms with Gasteiger partial charge in [0.1, 0.15) is 5.60 Å². The molecule has 5 heteroatoms. The highest BCUT2D eigenvalue weighted by Gasteiger charge is 2.23. The van der Waals surface area contributed by atoms with Crippen LogP contribution in [0.25, 0.3) is 0 Å². The Labute approximate surface area is 132 Å². The number of nitrogens with one attached hydrogen (secondary N) is 1. The van der Waals surface area contributed by atoms with Crippen LogP contribution in [0.3, 0.4) is 0 Å². The van der Waals surface area contributed by atoms with E-state index in [9.17, 15) is 4.79 Å². The zero-order valence-electron chi connectivity index (χ0n) is 14.0. The number of carbonyl (C=O) groups is 1. The Morgan fingerprint density at radius 2 is 2.18 bits per heavy atom. The molecule has 122 valence electrons. The molecule has 0 spiro atoms. The van der Waals surface area contributed by atoms with E-state index in [0.29, 0.717) is 12.6 Å². The van der Waals surface area contributed by atoms with Crippen molar-refractivity contribution in [3.63, 3.8) is 0 Å². The highest BCUT2D eigenvalue weighted by molar-refractivity contribution is 5.67. The summed E-state index contributed by atoms with van der Waals surface area (Å²) in [6.07, 6.45) is 1.85. The van der Waals surface area contributed by atoms with Crippen LogP contribution in [0.15, 0.2) is 18.2 Å². The number of amides is 1. The lowest BCUT2D eigenvalue weighted by Crippen LogP contribution is -2.38. The highest BCUT2D eigenvalue weighted by Crippen LogP contribution is 2.32. The van der Waals surface area contributed by atoms with Crippen molar-refractivity contribution < 1.29 is 9.53 Å². The quantitative estimate of drug-likeness (QED) is 0.839. The average molecular weight is 305 g/mol. The van der Waals surface area contributed by atoms with E-state index in [1.54, 1.807) is 11.9 Å². The van der Waals surface area contributed by atoms with Gasteiger partial charge in [0.2, 0.25) is 0 Å². The monoisotopic (exact) mass is 305 g/mol. The first-order valence-electron chi connectivity index (χ1n) is 7.82. The van der Waals surface area contributed by atoms with Crippen LogP contribution in [-0.4, -0.2) is 36.7 Å². The van der Waals surface area contributed by atoms with Crippen LogP contribution < -0.4 is 11.1 Å². The van der Waals surface area contributed by atoms with E-state index in [1.807, 2.05) is 26.8 Å². The van der Waals surface area contributed by atoms with E-state index >= 15 is 0 Å². The van der Waals surface area contributed by atoms with Crippen LogP contribution >= 0.6 is 0 Å². The van der Waals surface area contributed by atoms with Gasteiger partial charge in [0.15, 0.2) is 0 Å². The van der Waals surface area contributed by atoms with Gasteiger partial charge in [-0.3, -0.25) is 0 Å². The summed E-state index contributed by atoms with van der Waals surface area (Å²) in [6.45, 7) is 6.98. The van der Waals surface area contributed by atoms with Gasteiger partial charge < -0.3 is 20.7 Å². The molecule has 22 heavy (non-hydrogen) atoms. The number of fused-ring (bicyclic) bond motifs is 1. The third-order valence-electron chi connectivity index (χ3n) is 3.79. The molecule has 3 N–H and O–H groups in total. The summed E-state index contributed by atoms with van der Waals surface area (Å²) in [5.41, 5.74) is 8.85. The fourth-order valence-corrected chi connectivity index (χ4v) is 2.69. The third kappa shape index (κ3) is 4.37. The zero-order chi connectivity index (χ0) is 16.3. The first-order chi connectivity index (χ1) is 10.3. The van der Waals surface area contributed by atoms with Crippen molar-refractivity contribution in [2.24, 2.45) is 0 Å². The lowest BCUT2D eigenvalue weighted by atomic mass is 10.1. The Morgan fingerprint density at radius 3 is 2.86 bits per heavy atom. The maximum absolute atomic E-state index is 11.9. The first-order valence-corrected chi connectivity index (χ1v) is 7.82. The Morgan fingerprint density at radius 1 is 1.45 bits per heavy atom. The van der Waals surface area contributed by atoms with E-state index in [-0.39, 0.29) is 6.09 Å². The maximum atomic E-state index is 11.9. The van der Waals surface area contributed by atoms with Crippen molar-refractivity contribution in [1.82, 2.24) is 10.2 Å². The molecule has 1 atom stereocenters. The molecule has 1 aliphatic rings. The van der Waals surface area contributed by atoms with E-state index < -0.39 is 5.60 Å². The summed E-state index contributed by atoms with van der Waals surface area (Å²) in [4.78, 5) is 13.5. The van der Waals surface area contributed by atoms with E-state index in [1.165, 1.54) is 11.1 Å². The number of hydrogen-bond acceptors (Lipinski definition) is 4. The van der Waals surface area contributed by atoms with Crippen molar-refractivity contribution in [2.75, 3.05) is 25.9 Å². The molecule has 0 bridgehead atoms. The standard InChI is InChI=1S/C17H27N3O2/c1-17(2,3)22-16(21)20(4)10-9-19-15-8-5-12-11-13(18)6-7-14(12)15/h6-7,11,15,19H,5,8-10,18H2,1-4H3. The molecule has 0 saturated heterocycles. The predicted molar refractivity (Wildman–Crippen MR) is 88.8 cm³/mol. The SMILES string of the molecule is CN(CCNC1CCc2cc(N)ccc21)C(=O)OC(C)(C)C. The van der Waals surface area contributed by atoms with Crippen molar-refractivity contribution in [1.29, 1.82) is 0 Å². The van der Waals surface area contributed by atoms with Gasteiger partial charge in [0, 0.05) is 31.9 Å². The summed E-state index contributed by atoms with van der Waals surface area (Å²) in [5.74, 6) is 0. The number of ether oxygens (including phenoxy) is 1. The third-order valence-corrected chi connectivity index (χ3v) is 3.79. The minimum atomic E-state index is -0.455. The van der Waals surface area contributed by atoms with Gasteiger partial charge >= 0.3 is 6.09 Å². The second-order valence-corrected chi connectivity index (χ2v) is 6.91. The topological polar surface area (TPSA) is 67.6 Å². The van der Waals surface area contributed by atoms with Crippen LogP contribution in [0, 0.1) is 0 Å². The van der Waals surface area contributed by atoms with Crippen molar-refractivity contribution in [3.05, 3.63) is 29.3 Å². The van der Waals surface area contributed by atoms with Crippen molar-refractivity contribution >= 4 is 11.8 Å². The molecule has 1 unspecified atom stereocenters. The Balaban J connectivity index is 1.80. The number of carbonyl (C=O) groups excluding carboxylic acids is 1. The van der Waals surface area contributed by atoms with Gasteiger partial charge in [0.25, 0.3) is 0 Å². The summed E-state index contributed by atoms with van der Waals surface area (Å²) in [6, 6.07) is 6.46. The Bertz CT molecular complexity index is 537. The summed E-state index contributed by atoms with van der Waals surface area (Å²) in [5, 5.41) is 3.52. The molecule has 1 aliphatic carbocycles. The fourth-order valence-electron chi connectivity index (χ4n) is 2.69. The van der Waals surface area contributed by atoms with Crippen LogP contribution in [-0.2, 0) is 11.2 Å². The number of aryl methyl sites for hydroxylation is 1. The van der Waals surface area contributed by atoms with Gasteiger partial charge in [-0.25, -0.2) is 4.79 Å². The van der Waals surface area contributed by atoms with E-state index in [2.05, 4.69) is 17.4 Å². The van der Waals surface area contributed by atoms with Crippen LogP contribution in [0.5, 0.6) is 0 Å². The number of anilines is 1. The molecule has 2 rings (SSSR count). The summed E-state index contributed by atoms with van der Waals surface area (Å²) in [7, 11) is 1.76. The number of hydrogen-bond donors (Lipinski definition) is 2. The number of nitrogen functional groups attached to an aromatic ring is 1. The summed E-state index contributed by atoms with van der Waals surface area (Å²) >= 11 is 0. The zero-order valence-corrected chi connectivity index (χ0v) is 14.0. The number of rotatable bonds is 4. The summed E-state index contributed by atoms with van der Waals surface area (Å²) < 4.78 is 5.34. The second-order valence-electron chi connectivity index (χ2n) is 6.91. The molecule has 0 saturated carbocycles. The molecule has 0 fully saturated rings. The molecule has 5 nitrogen and oxygen atoms in total. The number of nitrogens with two attached hydrogens (primary N) is 1. The predicted octanol–water partition coefficient (Wildman–Crippen LogP) is 2.71. The average Bonchev–Trinajstić information content (AvgIpc) is 2.79. The second kappa shape index (κ2) is 6.57. The molecule has 0 aromatic heterocycles. The minimum absolute atomic E-state index is 0.283. The van der Waals surface area contributed by atoms with Gasteiger partial charge in [-0.05, 0) is 56.9 Å². The molecule has 1 amide bonds. The Kier molecular flexibility index (Phi) is 4.96. The van der Waals surface area contributed by atoms with Crippen molar-refractivity contribution in [3.8, 4) is 0 Å². The number of likely N-dealkylation sites (N-methyl/N-ethyl adjacent to an activating group) is 1. The molecule has 0 radical (unpaired) electrons. The van der Waals surface area contributed by atoms with E-state index in [4.69, 9.17) is 10.5 Å². The molecular formula is C17H27N3O2. The lowest BCUT2D eigenvalue weighted by Gasteiger charge is -2.25. The number of nitrogens with zero attached hydrogens (tertiary/aromatic N) is 1. The minimum Gasteiger partial charge on any atom is -0.444 e. The van der Waals surface area contributed by atoms with Crippen LogP contribution in [0.1, 0.15) is 44.4 Å². The first kappa shape index (κ1) is 16.6. The van der Waals surface area contributed by atoms with Crippen LogP contribution in [0.2, 0.25) is 0 Å².